The molecule has 0 aliphatic heterocycles. The Morgan fingerprint density at radius 1 is 0.773 bits per heavy atom. The standard InChI is InChI=1S/C15H12N7/c1-3-7-13(8-4-1)15-18-20(14-9-5-2-6-10-14)22(19-15)21-16-11-12-17-21/h1-12H/q+1. The summed E-state index contributed by atoms with van der Waals surface area (Å²) in [6.45, 7) is 0. The lowest BCUT2D eigenvalue weighted by Gasteiger charge is -1.96. The molecular weight excluding hydrogens is 278 g/mol. The molecule has 4 aromatic rings. The predicted octanol–water partition coefficient (Wildman–Crippen LogP) is 1.12. The highest BCUT2D eigenvalue weighted by molar-refractivity contribution is 5.52. The van der Waals surface area contributed by atoms with E-state index < -0.39 is 0 Å². The highest BCUT2D eigenvalue weighted by atomic mass is 15.9. The molecule has 106 valence electrons. The Kier molecular flexibility index (Phi) is 2.93. The zero-order valence-electron chi connectivity index (χ0n) is 11.6. The summed E-state index contributed by atoms with van der Waals surface area (Å²) < 4.78 is 0. The number of hydrogen-bond acceptors (Lipinski definition) is 4. The van der Waals surface area contributed by atoms with Crippen molar-refractivity contribution in [1.82, 2.24) is 30.2 Å². The third-order valence-corrected chi connectivity index (χ3v) is 3.13. The van der Waals surface area contributed by atoms with Crippen LogP contribution in [0.15, 0.2) is 73.1 Å². The summed E-state index contributed by atoms with van der Waals surface area (Å²) in [5.74, 6) is 0.599. The molecule has 0 N–H and O–H groups in total. The van der Waals surface area contributed by atoms with Gasteiger partial charge in [0.2, 0.25) is 0 Å². The SMILES string of the molecule is c1ccc(-c2nn(-n3nccn3)[n+](-c3ccccc3)n2)cc1. The Balaban J connectivity index is 1.91. The van der Waals surface area contributed by atoms with Crippen LogP contribution < -0.4 is 4.80 Å². The van der Waals surface area contributed by atoms with E-state index in [0.29, 0.717) is 5.82 Å². The summed E-state index contributed by atoms with van der Waals surface area (Å²) >= 11 is 0. The van der Waals surface area contributed by atoms with Gasteiger partial charge in [0.15, 0.2) is 5.69 Å². The highest BCUT2D eigenvalue weighted by Gasteiger charge is 2.22. The molecule has 0 radical (unpaired) electrons. The zero-order chi connectivity index (χ0) is 14.8. The lowest BCUT2D eigenvalue weighted by molar-refractivity contribution is -0.749. The van der Waals surface area contributed by atoms with Gasteiger partial charge in [0.05, 0.1) is 17.3 Å². The largest absolute Gasteiger partial charge is 0.297 e. The van der Waals surface area contributed by atoms with Gasteiger partial charge in [-0.15, -0.1) is 0 Å². The normalized spacial score (nSPS) is 10.7. The van der Waals surface area contributed by atoms with Gasteiger partial charge in [0.1, 0.15) is 4.91 Å². The molecule has 0 saturated heterocycles. The molecule has 4 rings (SSSR count). The lowest BCUT2D eigenvalue weighted by atomic mass is 10.2. The van der Waals surface area contributed by atoms with E-state index in [2.05, 4.69) is 20.4 Å². The molecular formula is C15H12N7+. The van der Waals surface area contributed by atoms with E-state index >= 15 is 0 Å². The molecule has 0 spiro atoms. The van der Waals surface area contributed by atoms with Crippen LogP contribution in [0.3, 0.4) is 0 Å². The van der Waals surface area contributed by atoms with Crippen LogP contribution in [0.1, 0.15) is 0 Å². The quantitative estimate of drug-likeness (QED) is 0.530. The average molecular weight is 290 g/mol. The van der Waals surface area contributed by atoms with E-state index in [1.807, 2.05) is 60.7 Å². The van der Waals surface area contributed by atoms with E-state index in [-0.39, 0.29) is 0 Å². The van der Waals surface area contributed by atoms with Crippen molar-refractivity contribution in [2.45, 2.75) is 0 Å². The van der Waals surface area contributed by atoms with Crippen molar-refractivity contribution in [2.24, 2.45) is 0 Å². The van der Waals surface area contributed by atoms with Crippen molar-refractivity contribution < 1.29 is 4.80 Å². The maximum atomic E-state index is 4.57. The molecule has 7 nitrogen and oxygen atoms in total. The number of aromatic nitrogens is 7. The number of para-hydroxylation sites is 1. The fourth-order valence-electron chi connectivity index (χ4n) is 2.12. The van der Waals surface area contributed by atoms with Crippen molar-refractivity contribution in [3.8, 4) is 17.1 Å². The van der Waals surface area contributed by atoms with Gasteiger partial charge >= 0.3 is 0 Å². The Bertz CT molecular complexity index is 867. The molecule has 0 unspecified atom stereocenters. The van der Waals surface area contributed by atoms with Crippen LogP contribution in [0.25, 0.3) is 17.1 Å². The molecule has 2 aromatic carbocycles. The first kappa shape index (κ1) is 12.4. The second kappa shape index (κ2) is 5.21. The van der Waals surface area contributed by atoms with E-state index in [4.69, 9.17) is 0 Å². The highest BCUT2D eigenvalue weighted by Crippen LogP contribution is 2.12. The summed E-state index contributed by atoms with van der Waals surface area (Å²) in [6.07, 6.45) is 3.19. The summed E-state index contributed by atoms with van der Waals surface area (Å²) in [5.41, 5.74) is 1.80. The monoisotopic (exact) mass is 290 g/mol. The molecule has 0 bridgehead atoms. The van der Waals surface area contributed by atoms with Crippen LogP contribution in [0.2, 0.25) is 0 Å². The van der Waals surface area contributed by atoms with Gasteiger partial charge in [-0.3, -0.25) is 0 Å². The van der Waals surface area contributed by atoms with Gasteiger partial charge in [0.25, 0.3) is 5.82 Å². The fraction of sp³-hybridized carbons (Fsp3) is 0. The third-order valence-electron chi connectivity index (χ3n) is 3.13. The topological polar surface area (TPSA) is 65.3 Å². The fourth-order valence-corrected chi connectivity index (χ4v) is 2.12. The summed E-state index contributed by atoms with van der Waals surface area (Å²) in [7, 11) is 0. The van der Waals surface area contributed by atoms with E-state index in [9.17, 15) is 0 Å². The Labute approximate surface area is 126 Å². The van der Waals surface area contributed by atoms with Crippen LogP contribution in [0.4, 0.5) is 0 Å². The molecule has 0 amide bonds. The van der Waals surface area contributed by atoms with Gasteiger partial charge in [0, 0.05) is 10.7 Å². The van der Waals surface area contributed by atoms with Crippen LogP contribution in [-0.2, 0) is 0 Å². The number of nitrogens with zero attached hydrogens (tertiary/aromatic N) is 7. The minimum absolute atomic E-state index is 0.599. The molecule has 0 atom stereocenters. The van der Waals surface area contributed by atoms with Gasteiger partial charge in [-0.2, -0.15) is 0 Å². The Morgan fingerprint density at radius 2 is 1.41 bits per heavy atom. The first-order valence-electron chi connectivity index (χ1n) is 6.79. The van der Waals surface area contributed by atoms with Gasteiger partial charge in [-0.1, -0.05) is 46.6 Å². The smallest absolute Gasteiger partial charge is 0.0710 e. The molecule has 0 saturated carbocycles. The van der Waals surface area contributed by atoms with Crippen molar-refractivity contribution in [3.63, 3.8) is 0 Å². The first-order valence-corrected chi connectivity index (χ1v) is 6.79. The maximum absolute atomic E-state index is 4.57. The van der Waals surface area contributed by atoms with Crippen LogP contribution in [0.5, 0.6) is 0 Å². The summed E-state index contributed by atoms with van der Waals surface area (Å²) in [5, 5.41) is 17.3. The Hall–Kier alpha value is -3.35. The molecule has 7 heteroatoms. The van der Waals surface area contributed by atoms with Crippen LogP contribution in [0, 0.1) is 0 Å². The summed E-state index contributed by atoms with van der Waals surface area (Å²) in [6, 6.07) is 19.5. The molecule has 0 fully saturated rings. The van der Waals surface area contributed by atoms with Crippen LogP contribution >= 0.6 is 0 Å². The van der Waals surface area contributed by atoms with E-state index in [1.54, 1.807) is 17.2 Å². The van der Waals surface area contributed by atoms with Gasteiger partial charge < -0.3 is 0 Å². The molecule has 2 aromatic heterocycles. The Morgan fingerprint density at radius 3 is 2.09 bits per heavy atom. The van der Waals surface area contributed by atoms with Crippen LogP contribution in [-0.4, -0.2) is 30.2 Å². The average Bonchev–Trinajstić information content (AvgIpc) is 3.26. The lowest BCUT2D eigenvalue weighted by Crippen LogP contribution is -2.47. The number of benzene rings is 2. The number of rotatable bonds is 3. The third kappa shape index (κ3) is 2.14. The van der Waals surface area contributed by atoms with Crippen molar-refractivity contribution in [3.05, 3.63) is 73.1 Å². The molecule has 0 aliphatic carbocycles. The van der Waals surface area contributed by atoms with Gasteiger partial charge in [-0.05, 0) is 34.2 Å². The van der Waals surface area contributed by atoms with E-state index in [0.717, 1.165) is 11.3 Å². The zero-order valence-corrected chi connectivity index (χ0v) is 11.6. The molecule has 2 heterocycles. The number of hydrogen-bond donors (Lipinski definition) is 0. The first-order chi connectivity index (χ1) is 10.9. The second-order valence-corrected chi connectivity index (χ2v) is 4.58. The predicted molar refractivity (Wildman–Crippen MR) is 77.8 cm³/mol. The maximum Gasteiger partial charge on any atom is 0.297 e. The van der Waals surface area contributed by atoms with Gasteiger partial charge in [-0.25, -0.2) is 0 Å². The molecule has 0 aliphatic rings. The van der Waals surface area contributed by atoms with Crippen molar-refractivity contribution in [1.29, 1.82) is 0 Å². The second-order valence-electron chi connectivity index (χ2n) is 4.58. The van der Waals surface area contributed by atoms with E-state index in [1.165, 1.54) is 9.81 Å². The number of tetrazole rings is 1. The minimum atomic E-state index is 0.599. The van der Waals surface area contributed by atoms with Crippen molar-refractivity contribution in [2.75, 3.05) is 0 Å². The minimum Gasteiger partial charge on any atom is -0.0710 e. The molecule has 22 heavy (non-hydrogen) atoms. The van der Waals surface area contributed by atoms with Crippen molar-refractivity contribution >= 4 is 0 Å². The summed E-state index contributed by atoms with van der Waals surface area (Å²) in [4.78, 5) is 4.55.